The van der Waals surface area contributed by atoms with Crippen molar-refractivity contribution in [3.8, 4) is 11.3 Å². The van der Waals surface area contributed by atoms with Crippen molar-refractivity contribution in [1.82, 2.24) is 19.6 Å². The Hall–Kier alpha value is -3.99. The molecule has 5 nitrogen and oxygen atoms in total. The van der Waals surface area contributed by atoms with E-state index in [0.29, 0.717) is 6.54 Å². The molecule has 5 rings (SSSR count). The molecule has 0 aliphatic rings. The Labute approximate surface area is 181 Å². The number of hydrogen-bond acceptors (Lipinski definition) is 4. The first kappa shape index (κ1) is 19.0. The lowest BCUT2D eigenvalue weighted by Gasteiger charge is -2.11. The SMILES string of the molecule is c1ccc(CCc2cnn3c(NCc4cccnc4)cc(-c4ccccc4)nc23)cc1. The van der Waals surface area contributed by atoms with Crippen LogP contribution in [0.4, 0.5) is 5.82 Å². The largest absolute Gasteiger partial charge is 0.366 e. The molecule has 3 aromatic heterocycles. The highest BCUT2D eigenvalue weighted by Crippen LogP contribution is 2.24. The van der Waals surface area contributed by atoms with Gasteiger partial charge in [0.2, 0.25) is 0 Å². The molecule has 31 heavy (non-hydrogen) atoms. The Bertz CT molecular complexity index is 1260. The van der Waals surface area contributed by atoms with Gasteiger partial charge < -0.3 is 5.32 Å². The molecule has 0 saturated heterocycles. The quantitative estimate of drug-likeness (QED) is 0.405. The van der Waals surface area contributed by atoms with Gasteiger partial charge in [-0.15, -0.1) is 0 Å². The molecular formula is C26H23N5. The Morgan fingerprint density at radius 2 is 1.55 bits per heavy atom. The summed E-state index contributed by atoms with van der Waals surface area (Å²) in [6, 6.07) is 26.9. The molecule has 5 aromatic rings. The van der Waals surface area contributed by atoms with Crippen LogP contribution in [0.1, 0.15) is 16.7 Å². The van der Waals surface area contributed by atoms with Crippen LogP contribution >= 0.6 is 0 Å². The maximum absolute atomic E-state index is 4.98. The number of anilines is 1. The molecule has 0 bridgehead atoms. The summed E-state index contributed by atoms with van der Waals surface area (Å²) in [7, 11) is 0. The molecule has 2 aromatic carbocycles. The molecule has 1 N–H and O–H groups in total. The highest BCUT2D eigenvalue weighted by molar-refractivity contribution is 5.67. The summed E-state index contributed by atoms with van der Waals surface area (Å²) in [4.78, 5) is 9.19. The van der Waals surface area contributed by atoms with Crippen molar-refractivity contribution in [3.05, 3.63) is 114 Å². The fourth-order valence-corrected chi connectivity index (χ4v) is 3.69. The summed E-state index contributed by atoms with van der Waals surface area (Å²) in [6.07, 6.45) is 7.44. The first-order chi connectivity index (χ1) is 15.4. The minimum atomic E-state index is 0.667. The van der Waals surface area contributed by atoms with Crippen molar-refractivity contribution in [2.75, 3.05) is 5.32 Å². The average Bonchev–Trinajstić information content (AvgIpc) is 3.26. The smallest absolute Gasteiger partial charge is 0.161 e. The van der Waals surface area contributed by atoms with Gasteiger partial charge in [-0.25, -0.2) is 4.98 Å². The molecule has 5 heteroatoms. The highest BCUT2D eigenvalue weighted by Gasteiger charge is 2.13. The van der Waals surface area contributed by atoms with Gasteiger partial charge in [0.15, 0.2) is 5.65 Å². The molecule has 0 fully saturated rings. The van der Waals surface area contributed by atoms with E-state index in [9.17, 15) is 0 Å². The van der Waals surface area contributed by atoms with Gasteiger partial charge in [-0.05, 0) is 30.0 Å². The minimum absolute atomic E-state index is 0.667. The molecule has 0 atom stereocenters. The second kappa shape index (κ2) is 8.79. The first-order valence-corrected chi connectivity index (χ1v) is 10.5. The summed E-state index contributed by atoms with van der Waals surface area (Å²) in [5, 5.41) is 8.18. The second-order valence-corrected chi connectivity index (χ2v) is 7.50. The summed E-state index contributed by atoms with van der Waals surface area (Å²) in [5.74, 6) is 0.915. The lowest BCUT2D eigenvalue weighted by atomic mass is 10.1. The zero-order chi connectivity index (χ0) is 20.9. The summed E-state index contributed by atoms with van der Waals surface area (Å²) in [5.41, 5.74) is 6.49. The van der Waals surface area contributed by atoms with Crippen LogP contribution in [0, 0.1) is 0 Å². The van der Waals surface area contributed by atoms with Crippen molar-refractivity contribution >= 4 is 11.5 Å². The van der Waals surface area contributed by atoms with Crippen LogP contribution in [0.2, 0.25) is 0 Å². The van der Waals surface area contributed by atoms with Crippen molar-refractivity contribution in [2.45, 2.75) is 19.4 Å². The number of nitrogens with zero attached hydrogens (tertiary/aromatic N) is 4. The molecule has 0 aliphatic heterocycles. The standard InChI is InChI=1S/C26H23N5/c1-3-8-20(9-4-1)13-14-23-19-29-31-25(28-18-21-10-7-15-27-17-21)16-24(30-26(23)31)22-11-5-2-6-12-22/h1-12,15-17,19,28H,13-14,18H2. The molecule has 3 heterocycles. The number of benzene rings is 2. The summed E-state index contributed by atoms with van der Waals surface area (Å²) in [6.45, 7) is 0.667. The van der Waals surface area contributed by atoms with Crippen LogP contribution in [-0.2, 0) is 19.4 Å². The van der Waals surface area contributed by atoms with Crippen molar-refractivity contribution in [2.24, 2.45) is 0 Å². The summed E-state index contributed by atoms with van der Waals surface area (Å²) >= 11 is 0. The monoisotopic (exact) mass is 405 g/mol. The third-order valence-corrected chi connectivity index (χ3v) is 5.34. The molecule has 0 spiro atoms. The van der Waals surface area contributed by atoms with E-state index in [2.05, 4.69) is 63.9 Å². The average molecular weight is 406 g/mol. The minimum Gasteiger partial charge on any atom is -0.366 e. The van der Waals surface area contributed by atoms with Crippen LogP contribution in [-0.4, -0.2) is 19.6 Å². The molecule has 0 aliphatic carbocycles. The van der Waals surface area contributed by atoms with Gasteiger partial charge in [-0.2, -0.15) is 9.61 Å². The molecule has 0 amide bonds. The number of rotatable bonds is 7. The van der Waals surface area contributed by atoms with E-state index in [1.54, 1.807) is 6.20 Å². The van der Waals surface area contributed by atoms with E-state index < -0.39 is 0 Å². The predicted octanol–water partition coefficient (Wildman–Crippen LogP) is 5.19. The predicted molar refractivity (Wildman–Crippen MR) is 124 cm³/mol. The van der Waals surface area contributed by atoms with Crippen molar-refractivity contribution < 1.29 is 0 Å². The van der Waals surface area contributed by atoms with Gasteiger partial charge in [0, 0.05) is 36.1 Å². The number of aryl methyl sites for hydroxylation is 2. The van der Waals surface area contributed by atoms with E-state index in [1.807, 2.05) is 47.2 Å². The third kappa shape index (κ3) is 4.31. The van der Waals surface area contributed by atoms with Crippen LogP contribution in [0.3, 0.4) is 0 Å². The Morgan fingerprint density at radius 3 is 2.32 bits per heavy atom. The van der Waals surface area contributed by atoms with Crippen LogP contribution in [0.15, 0.2) is 97.5 Å². The van der Waals surface area contributed by atoms with Crippen LogP contribution in [0.5, 0.6) is 0 Å². The molecule has 0 unspecified atom stereocenters. The van der Waals surface area contributed by atoms with Crippen LogP contribution < -0.4 is 5.32 Å². The van der Waals surface area contributed by atoms with Gasteiger partial charge in [0.05, 0.1) is 11.9 Å². The topological polar surface area (TPSA) is 55.1 Å². The van der Waals surface area contributed by atoms with Gasteiger partial charge in [-0.1, -0.05) is 66.7 Å². The molecule has 0 saturated carbocycles. The molecule has 152 valence electrons. The normalized spacial score (nSPS) is 11.0. The van der Waals surface area contributed by atoms with E-state index in [4.69, 9.17) is 4.98 Å². The number of aromatic nitrogens is 4. The van der Waals surface area contributed by atoms with E-state index >= 15 is 0 Å². The van der Waals surface area contributed by atoms with Crippen molar-refractivity contribution in [1.29, 1.82) is 0 Å². The maximum Gasteiger partial charge on any atom is 0.161 e. The fraction of sp³-hybridized carbons (Fsp3) is 0.115. The maximum atomic E-state index is 4.98. The second-order valence-electron chi connectivity index (χ2n) is 7.50. The van der Waals surface area contributed by atoms with Gasteiger partial charge >= 0.3 is 0 Å². The highest BCUT2D eigenvalue weighted by atomic mass is 15.3. The van der Waals surface area contributed by atoms with Gasteiger partial charge in [0.25, 0.3) is 0 Å². The van der Waals surface area contributed by atoms with E-state index in [1.165, 1.54) is 5.56 Å². The van der Waals surface area contributed by atoms with Crippen molar-refractivity contribution in [3.63, 3.8) is 0 Å². The lowest BCUT2D eigenvalue weighted by Crippen LogP contribution is -2.07. The Kier molecular flexibility index (Phi) is 5.39. The first-order valence-electron chi connectivity index (χ1n) is 10.5. The van der Waals surface area contributed by atoms with Gasteiger partial charge in [0.1, 0.15) is 5.82 Å². The van der Waals surface area contributed by atoms with Crippen LogP contribution in [0.25, 0.3) is 16.9 Å². The number of fused-ring (bicyclic) bond motifs is 1. The zero-order valence-electron chi connectivity index (χ0n) is 17.1. The lowest BCUT2D eigenvalue weighted by molar-refractivity contribution is 0.924. The number of hydrogen-bond donors (Lipinski definition) is 1. The Balaban J connectivity index is 1.50. The zero-order valence-corrected chi connectivity index (χ0v) is 17.1. The van der Waals surface area contributed by atoms with E-state index in [0.717, 1.165) is 46.7 Å². The summed E-state index contributed by atoms with van der Waals surface area (Å²) < 4.78 is 1.91. The third-order valence-electron chi connectivity index (χ3n) is 5.34. The fourth-order valence-electron chi connectivity index (χ4n) is 3.69. The Morgan fingerprint density at radius 1 is 0.774 bits per heavy atom. The van der Waals surface area contributed by atoms with Gasteiger partial charge in [-0.3, -0.25) is 4.98 Å². The van der Waals surface area contributed by atoms with E-state index in [-0.39, 0.29) is 0 Å². The molecular weight excluding hydrogens is 382 g/mol. The number of pyridine rings is 1. The molecule has 0 radical (unpaired) electrons. The number of nitrogens with one attached hydrogen (secondary N) is 1.